The number of benzene rings is 1. The summed E-state index contributed by atoms with van der Waals surface area (Å²) < 4.78 is 24.8. The number of anilines is 1. The van der Waals surface area contributed by atoms with Gasteiger partial charge in [-0.05, 0) is 31.0 Å². The lowest BCUT2D eigenvalue weighted by Gasteiger charge is -2.14. The van der Waals surface area contributed by atoms with Gasteiger partial charge in [0.05, 0.1) is 15.8 Å². The zero-order chi connectivity index (χ0) is 12.5. The highest BCUT2D eigenvalue weighted by molar-refractivity contribution is 7.92. The van der Waals surface area contributed by atoms with Gasteiger partial charge in [-0.1, -0.05) is 24.4 Å². The minimum atomic E-state index is -3.30. The van der Waals surface area contributed by atoms with Gasteiger partial charge in [0.15, 0.2) is 9.84 Å². The molecule has 0 unspecified atom stereocenters. The van der Waals surface area contributed by atoms with Gasteiger partial charge >= 0.3 is 0 Å². The lowest BCUT2D eigenvalue weighted by molar-refractivity contribution is 0.580. The van der Waals surface area contributed by atoms with Crippen LogP contribution in [0.25, 0.3) is 0 Å². The quantitative estimate of drug-likeness (QED) is 0.655. The second kappa shape index (κ2) is 4.84. The molecule has 0 amide bonds. The highest BCUT2D eigenvalue weighted by Crippen LogP contribution is 2.33. The molecular formula is C11H15ClN2O2S. The van der Waals surface area contributed by atoms with Gasteiger partial charge in [0.25, 0.3) is 0 Å². The second-order valence-corrected chi connectivity index (χ2v) is 6.87. The Hall–Kier alpha value is -0.780. The monoisotopic (exact) mass is 274 g/mol. The molecule has 6 heteroatoms. The van der Waals surface area contributed by atoms with Gasteiger partial charge in [-0.25, -0.2) is 8.42 Å². The third-order valence-corrected chi connectivity index (χ3v) is 5.70. The molecule has 1 fully saturated rings. The number of halogens is 1. The van der Waals surface area contributed by atoms with Crippen molar-refractivity contribution in [2.45, 2.75) is 35.8 Å². The van der Waals surface area contributed by atoms with E-state index in [2.05, 4.69) is 5.43 Å². The predicted octanol–water partition coefficient (Wildman–Crippen LogP) is 2.34. The smallest absolute Gasteiger partial charge is 0.183 e. The van der Waals surface area contributed by atoms with Crippen molar-refractivity contribution >= 4 is 27.1 Å². The van der Waals surface area contributed by atoms with Gasteiger partial charge in [-0.2, -0.15) is 0 Å². The van der Waals surface area contributed by atoms with Crippen molar-refractivity contribution in [3.63, 3.8) is 0 Å². The van der Waals surface area contributed by atoms with E-state index in [1.807, 2.05) is 0 Å². The lowest BCUT2D eigenvalue weighted by Crippen LogP contribution is -2.20. The van der Waals surface area contributed by atoms with E-state index in [0.717, 1.165) is 25.7 Å². The van der Waals surface area contributed by atoms with E-state index >= 15 is 0 Å². The van der Waals surface area contributed by atoms with Crippen LogP contribution < -0.4 is 11.3 Å². The van der Waals surface area contributed by atoms with Crippen LogP contribution in [0.3, 0.4) is 0 Å². The first-order valence-corrected chi connectivity index (χ1v) is 7.48. The van der Waals surface area contributed by atoms with Crippen molar-refractivity contribution in [1.29, 1.82) is 0 Å². The Morgan fingerprint density at radius 1 is 1.29 bits per heavy atom. The summed E-state index contributed by atoms with van der Waals surface area (Å²) in [7, 11) is -3.30. The van der Waals surface area contributed by atoms with Crippen LogP contribution in [0.1, 0.15) is 25.7 Å². The van der Waals surface area contributed by atoms with Gasteiger partial charge in [0.1, 0.15) is 0 Å². The topological polar surface area (TPSA) is 72.2 Å². The summed E-state index contributed by atoms with van der Waals surface area (Å²) in [5.41, 5.74) is 2.77. The number of hydrazine groups is 1. The first kappa shape index (κ1) is 12.7. The largest absolute Gasteiger partial charge is 0.323 e. The molecule has 0 aromatic heterocycles. The van der Waals surface area contributed by atoms with Crippen molar-refractivity contribution in [3.8, 4) is 0 Å². The van der Waals surface area contributed by atoms with E-state index < -0.39 is 9.84 Å². The van der Waals surface area contributed by atoms with Crippen LogP contribution >= 0.6 is 11.6 Å². The molecule has 0 atom stereocenters. The maximum atomic E-state index is 12.4. The number of hydrogen-bond donors (Lipinski definition) is 2. The summed E-state index contributed by atoms with van der Waals surface area (Å²) in [5.74, 6) is 5.34. The summed E-state index contributed by atoms with van der Waals surface area (Å²) in [6.07, 6.45) is 3.41. The van der Waals surface area contributed by atoms with Crippen LogP contribution in [-0.2, 0) is 9.84 Å². The average molecular weight is 275 g/mol. The summed E-state index contributed by atoms with van der Waals surface area (Å²) in [4.78, 5) is 0.247. The summed E-state index contributed by atoms with van der Waals surface area (Å²) >= 11 is 5.81. The van der Waals surface area contributed by atoms with E-state index in [-0.39, 0.29) is 10.1 Å². The van der Waals surface area contributed by atoms with E-state index in [1.54, 1.807) is 6.07 Å². The Morgan fingerprint density at radius 3 is 2.53 bits per heavy atom. The van der Waals surface area contributed by atoms with Crippen LogP contribution in [0.5, 0.6) is 0 Å². The Kier molecular flexibility index (Phi) is 3.61. The highest BCUT2D eigenvalue weighted by atomic mass is 35.5. The first-order valence-electron chi connectivity index (χ1n) is 5.56. The standard InChI is InChI=1S/C11H15ClN2O2S/c12-8-5-6-11(10(7-8)14-13)17(15,16)9-3-1-2-4-9/h5-7,9,14H,1-4,13H2. The third kappa shape index (κ3) is 2.41. The SMILES string of the molecule is NNc1cc(Cl)ccc1S(=O)(=O)C1CCCC1. The van der Waals surface area contributed by atoms with Crippen molar-refractivity contribution in [1.82, 2.24) is 0 Å². The Labute approximate surface area is 106 Å². The van der Waals surface area contributed by atoms with Gasteiger partial charge in [0.2, 0.25) is 0 Å². The van der Waals surface area contributed by atoms with Crippen LogP contribution in [-0.4, -0.2) is 13.7 Å². The second-order valence-electron chi connectivity index (χ2n) is 4.24. The Morgan fingerprint density at radius 2 is 1.94 bits per heavy atom. The van der Waals surface area contributed by atoms with Crippen molar-refractivity contribution in [2.75, 3.05) is 5.43 Å². The van der Waals surface area contributed by atoms with E-state index in [9.17, 15) is 8.42 Å². The van der Waals surface area contributed by atoms with Crippen LogP contribution in [0, 0.1) is 0 Å². The summed E-state index contributed by atoms with van der Waals surface area (Å²) in [6, 6.07) is 4.62. The zero-order valence-electron chi connectivity index (χ0n) is 9.32. The molecule has 4 nitrogen and oxygen atoms in total. The summed E-state index contributed by atoms with van der Waals surface area (Å²) in [6.45, 7) is 0. The maximum absolute atomic E-state index is 12.4. The van der Waals surface area contributed by atoms with Crippen molar-refractivity contribution in [2.24, 2.45) is 5.84 Å². The molecule has 1 aromatic rings. The molecule has 0 bridgehead atoms. The predicted molar refractivity (Wildman–Crippen MR) is 68.7 cm³/mol. The van der Waals surface area contributed by atoms with E-state index in [1.165, 1.54) is 12.1 Å². The number of hydrogen-bond acceptors (Lipinski definition) is 4. The molecule has 0 saturated heterocycles. The number of nitrogens with two attached hydrogens (primary N) is 1. The minimum absolute atomic E-state index is 0.247. The molecule has 0 aliphatic heterocycles. The lowest BCUT2D eigenvalue weighted by atomic mass is 10.3. The molecule has 1 aliphatic carbocycles. The molecule has 17 heavy (non-hydrogen) atoms. The molecule has 1 saturated carbocycles. The van der Waals surface area contributed by atoms with E-state index in [0.29, 0.717) is 10.7 Å². The third-order valence-electron chi connectivity index (χ3n) is 3.14. The molecular weight excluding hydrogens is 260 g/mol. The molecule has 1 aromatic carbocycles. The van der Waals surface area contributed by atoms with Gasteiger partial charge in [-0.15, -0.1) is 0 Å². The fourth-order valence-corrected chi connectivity index (χ4v) is 4.41. The number of nitrogens with one attached hydrogen (secondary N) is 1. The van der Waals surface area contributed by atoms with Crippen LogP contribution in [0.15, 0.2) is 23.1 Å². The molecule has 94 valence electrons. The number of sulfone groups is 1. The Bertz CT molecular complexity index is 510. The van der Waals surface area contributed by atoms with Gasteiger partial charge in [-0.3, -0.25) is 5.84 Å². The van der Waals surface area contributed by atoms with Crippen LogP contribution in [0.2, 0.25) is 5.02 Å². The molecule has 1 aliphatic rings. The fraction of sp³-hybridized carbons (Fsp3) is 0.455. The fourth-order valence-electron chi connectivity index (χ4n) is 2.24. The number of rotatable bonds is 3. The molecule has 2 rings (SSSR count). The average Bonchev–Trinajstić information content (AvgIpc) is 2.82. The van der Waals surface area contributed by atoms with E-state index in [4.69, 9.17) is 17.4 Å². The van der Waals surface area contributed by atoms with Crippen molar-refractivity contribution in [3.05, 3.63) is 23.2 Å². The van der Waals surface area contributed by atoms with Crippen LogP contribution in [0.4, 0.5) is 5.69 Å². The first-order chi connectivity index (χ1) is 8.05. The summed E-state index contributed by atoms with van der Waals surface area (Å²) in [5, 5.41) is 0.180. The highest BCUT2D eigenvalue weighted by Gasteiger charge is 2.31. The Balaban J connectivity index is 2.45. The normalized spacial score (nSPS) is 17.3. The zero-order valence-corrected chi connectivity index (χ0v) is 10.9. The molecule has 3 N–H and O–H groups in total. The van der Waals surface area contributed by atoms with Gasteiger partial charge < -0.3 is 5.43 Å². The van der Waals surface area contributed by atoms with Gasteiger partial charge in [0, 0.05) is 5.02 Å². The number of nitrogen functional groups attached to an aromatic ring is 1. The minimum Gasteiger partial charge on any atom is -0.323 e. The molecule has 0 radical (unpaired) electrons. The molecule has 0 spiro atoms. The molecule has 0 heterocycles. The van der Waals surface area contributed by atoms with Crippen molar-refractivity contribution < 1.29 is 8.42 Å². The maximum Gasteiger partial charge on any atom is 0.183 e.